The van der Waals surface area contributed by atoms with Crippen LogP contribution in [-0.4, -0.2) is 21.1 Å². The molecule has 1 heterocycles. The molecule has 0 bridgehead atoms. The third-order valence-corrected chi connectivity index (χ3v) is 4.70. The first kappa shape index (κ1) is 14.6. The van der Waals surface area contributed by atoms with E-state index in [1.807, 2.05) is 30.4 Å². The monoisotopic (exact) mass is 255 g/mol. The van der Waals surface area contributed by atoms with Gasteiger partial charge in [-0.3, -0.25) is 4.68 Å². The fraction of sp³-hybridized carbons (Fsp3) is 0.769. The standard InChI is InChI=1S/C13H25N3S/c1-8(2)11(5)17-13-12(7-9(3)14)10(4)15-16(13)6/h8-9,11H,7,14H2,1-6H3. The van der Waals surface area contributed by atoms with Gasteiger partial charge < -0.3 is 5.73 Å². The van der Waals surface area contributed by atoms with Crippen LogP contribution in [0.3, 0.4) is 0 Å². The minimum atomic E-state index is 0.187. The van der Waals surface area contributed by atoms with E-state index in [9.17, 15) is 0 Å². The molecule has 0 aliphatic rings. The molecule has 2 atom stereocenters. The van der Waals surface area contributed by atoms with Gasteiger partial charge in [-0.25, -0.2) is 0 Å². The first-order valence-electron chi connectivity index (χ1n) is 6.27. The van der Waals surface area contributed by atoms with E-state index in [0.29, 0.717) is 11.2 Å². The Morgan fingerprint density at radius 1 is 1.29 bits per heavy atom. The molecule has 4 heteroatoms. The van der Waals surface area contributed by atoms with E-state index in [0.717, 1.165) is 12.1 Å². The largest absolute Gasteiger partial charge is 0.328 e. The highest BCUT2D eigenvalue weighted by atomic mass is 32.2. The Balaban J connectivity index is 2.96. The zero-order valence-electron chi connectivity index (χ0n) is 11.8. The minimum absolute atomic E-state index is 0.187. The molecular weight excluding hydrogens is 230 g/mol. The highest BCUT2D eigenvalue weighted by Crippen LogP contribution is 2.32. The number of hydrogen-bond donors (Lipinski definition) is 1. The van der Waals surface area contributed by atoms with Crippen LogP contribution in [0.25, 0.3) is 0 Å². The highest BCUT2D eigenvalue weighted by Gasteiger charge is 2.18. The molecule has 1 rings (SSSR count). The van der Waals surface area contributed by atoms with Crippen molar-refractivity contribution in [3.8, 4) is 0 Å². The van der Waals surface area contributed by atoms with Crippen molar-refractivity contribution in [2.24, 2.45) is 18.7 Å². The van der Waals surface area contributed by atoms with Crippen LogP contribution in [0.4, 0.5) is 0 Å². The first-order chi connectivity index (χ1) is 7.82. The normalized spacial score (nSPS) is 15.3. The number of thioether (sulfide) groups is 1. The summed E-state index contributed by atoms with van der Waals surface area (Å²) in [6.45, 7) is 10.9. The number of hydrogen-bond acceptors (Lipinski definition) is 3. The van der Waals surface area contributed by atoms with Crippen molar-refractivity contribution in [3.63, 3.8) is 0 Å². The van der Waals surface area contributed by atoms with Gasteiger partial charge in [-0.05, 0) is 26.2 Å². The number of nitrogens with two attached hydrogens (primary N) is 1. The van der Waals surface area contributed by atoms with Crippen LogP contribution < -0.4 is 5.73 Å². The fourth-order valence-corrected chi connectivity index (χ4v) is 2.89. The van der Waals surface area contributed by atoms with Gasteiger partial charge in [-0.15, -0.1) is 11.8 Å². The van der Waals surface area contributed by atoms with Crippen LogP contribution in [0.5, 0.6) is 0 Å². The van der Waals surface area contributed by atoms with Gasteiger partial charge in [0.15, 0.2) is 0 Å². The van der Waals surface area contributed by atoms with Gasteiger partial charge in [0.05, 0.1) is 10.7 Å². The summed E-state index contributed by atoms with van der Waals surface area (Å²) in [5.74, 6) is 0.665. The van der Waals surface area contributed by atoms with Gasteiger partial charge in [0, 0.05) is 23.9 Å². The summed E-state index contributed by atoms with van der Waals surface area (Å²) in [5, 5.41) is 6.39. The minimum Gasteiger partial charge on any atom is -0.328 e. The van der Waals surface area contributed by atoms with E-state index in [-0.39, 0.29) is 6.04 Å². The highest BCUT2D eigenvalue weighted by molar-refractivity contribution is 7.99. The van der Waals surface area contributed by atoms with Crippen molar-refractivity contribution in [1.82, 2.24) is 9.78 Å². The maximum atomic E-state index is 5.92. The first-order valence-corrected chi connectivity index (χ1v) is 7.15. The van der Waals surface area contributed by atoms with Gasteiger partial charge in [-0.2, -0.15) is 5.10 Å². The van der Waals surface area contributed by atoms with E-state index in [1.165, 1.54) is 10.6 Å². The average Bonchev–Trinajstić information content (AvgIpc) is 2.44. The van der Waals surface area contributed by atoms with Crippen molar-refractivity contribution >= 4 is 11.8 Å². The molecule has 0 aromatic carbocycles. The van der Waals surface area contributed by atoms with Crippen molar-refractivity contribution < 1.29 is 0 Å². The Bertz CT molecular complexity index is 369. The molecule has 2 unspecified atom stereocenters. The number of aromatic nitrogens is 2. The van der Waals surface area contributed by atoms with Gasteiger partial charge in [0.25, 0.3) is 0 Å². The van der Waals surface area contributed by atoms with Crippen molar-refractivity contribution in [1.29, 1.82) is 0 Å². The van der Waals surface area contributed by atoms with Crippen molar-refractivity contribution in [2.45, 2.75) is 57.4 Å². The Hall–Kier alpha value is -0.480. The van der Waals surface area contributed by atoms with Crippen LogP contribution in [0.2, 0.25) is 0 Å². The second kappa shape index (κ2) is 5.91. The molecule has 98 valence electrons. The predicted octanol–water partition coefficient (Wildman–Crippen LogP) is 2.75. The lowest BCUT2D eigenvalue weighted by Gasteiger charge is -2.16. The summed E-state index contributed by atoms with van der Waals surface area (Å²) in [6.07, 6.45) is 0.910. The molecule has 0 fully saturated rings. The van der Waals surface area contributed by atoms with E-state index in [4.69, 9.17) is 5.73 Å². The summed E-state index contributed by atoms with van der Waals surface area (Å²) < 4.78 is 2.00. The van der Waals surface area contributed by atoms with Crippen LogP contribution in [-0.2, 0) is 13.5 Å². The zero-order valence-corrected chi connectivity index (χ0v) is 12.6. The van der Waals surface area contributed by atoms with E-state index in [2.05, 4.69) is 32.8 Å². The molecule has 0 saturated heterocycles. The Kier molecular flexibility index (Phi) is 5.07. The molecule has 0 radical (unpaired) electrons. The predicted molar refractivity (Wildman–Crippen MR) is 75.5 cm³/mol. The SMILES string of the molecule is Cc1nn(C)c(SC(C)C(C)C)c1CC(C)N. The quantitative estimate of drug-likeness (QED) is 0.823. The summed E-state index contributed by atoms with van der Waals surface area (Å²) in [4.78, 5) is 0. The Morgan fingerprint density at radius 3 is 2.35 bits per heavy atom. The van der Waals surface area contributed by atoms with Gasteiger partial charge in [0.2, 0.25) is 0 Å². The lowest BCUT2D eigenvalue weighted by Crippen LogP contribution is -2.19. The van der Waals surface area contributed by atoms with E-state index >= 15 is 0 Å². The Morgan fingerprint density at radius 2 is 1.88 bits per heavy atom. The summed E-state index contributed by atoms with van der Waals surface area (Å²) >= 11 is 1.91. The molecule has 0 aliphatic heterocycles. The van der Waals surface area contributed by atoms with Gasteiger partial charge in [0.1, 0.15) is 0 Å². The topological polar surface area (TPSA) is 43.8 Å². The fourth-order valence-electron chi connectivity index (χ4n) is 1.70. The third-order valence-electron chi connectivity index (χ3n) is 3.05. The molecule has 3 nitrogen and oxygen atoms in total. The lowest BCUT2D eigenvalue weighted by atomic mass is 10.1. The second-order valence-corrected chi connectivity index (χ2v) is 6.61. The molecule has 1 aromatic heterocycles. The van der Waals surface area contributed by atoms with E-state index < -0.39 is 0 Å². The molecule has 2 N–H and O–H groups in total. The molecule has 0 aliphatic carbocycles. The van der Waals surface area contributed by atoms with E-state index in [1.54, 1.807) is 0 Å². The summed E-state index contributed by atoms with van der Waals surface area (Å²) in [7, 11) is 2.02. The molecule has 0 amide bonds. The van der Waals surface area contributed by atoms with Crippen LogP contribution in [0, 0.1) is 12.8 Å². The second-order valence-electron chi connectivity index (χ2n) is 5.24. The molecule has 0 saturated carbocycles. The number of rotatable bonds is 5. The average molecular weight is 255 g/mol. The van der Waals surface area contributed by atoms with Gasteiger partial charge >= 0.3 is 0 Å². The third kappa shape index (κ3) is 3.75. The molecule has 17 heavy (non-hydrogen) atoms. The van der Waals surface area contributed by atoms with Crippen LogP contribution in [0.15, 0.2) is 5.03 Å². The van der Waals surface area contributed by atoms with Crippen molar-refractivity contribution in [3.05, 3.63) is 11.3 Å². The number of nitrogens with zero attached hydrogens (tertiary/aromatic N) is 2. The lowest BCUT2D eigenvalue weighted by molar-refractivity contribution is 0.631. The Labute approximate surface area is 109 Å². The number of aryl methyl sites for hydroxylation is 2. The molecule has 0 spiro atoms. The molecular formula is C13H25N3S. The molecule has 1 aromatic rings. The maximum absolute atomic E-state index is 5.92. The maximum Gasteiger partial charge on any atom is 0.0974 e. The zero-order chi connectivity index (χ0) is 13.2. The summed E-state index contributed by atoms with van der Waals surface area (Å²) in [6, 6.07) is 0.187. The smallest absolute Gasteiger partial charge is 0.0974 e. The summed E-state index contributed by atoms with van der Waals surface area (Å²) in [5.41, 5.74) is 8.35. The van der Waals surface area contributed by atoms with Crippen molar-refractivity contribution in [2.75, 3.05) is 0 Å². The van der Waals surface area contributed by atoms with Crippen LogP contribution >= 0.6 is 11.8 Å². The van der Waals surface area contributed by atoms with Gasteiger partial charge in [-0.1, -0.05) is 20.8 Å². The van der Waals surface area contributed by atoms with Crippen LogP contribution in [0.1, 0.15) is 39.0 Å².